The van der Waals surface area contributed by atoms with E-state index >= 15 is 0 Å². The molecule has 8 nitrogen and oxygen atoms in total. The summed E-state index contributed by atoms with van der Waals surface area (Å²) in [5.74, 6) is 1.02. The first kappa shape index (κ1) is 16.7. The highest BCUT2D eigenvalue weighted by molar-refractivity contribution is 5.93. The smallest absolute Gasteiger partial charge is 0.257 e. The fraction of sp³-hybridized carbons (Fsp3) is 0.562. The Bertz CT molecular complexity index is 640. The number of hydrogen-bond donors (Lipinski definition) is 0. The number of methoxy groups -OCH3 is 1. The third kappa shape index (κ3) is 4.21. The summed E-state index contributed by atoms with van der Waals surface area (Å²) >= 11 is 0. The minimum Gasteiger partial charge on any atom is -0.472 e. The van der Waals surface area contributed by atoms with Crippen molar-refractivity contribution in [2.75, 3.05) is 26.8 Å². The van der Waals surface area contributed by atoms with Gasteiger partial charge in [0.25, 0.3) is 5.91 Å². The van der Waals surface area contributed by atoms with Crippen molar-refractivity contribution in [2.24, 2.45) is 0 Å². The van der Waals surface area contributed by atoms with E-state index in [-0.39, 0.29) is 18.6 Å². The monoisotopic (exact) mass is 335 g/mol. The molecule has 1 aliphatic rings. The van der Waals surface area contributed by atoms with E-state index in [1.165, 1.54) is 12.5 Å². The van der Waals surface area contributed by atoms with Gasteiger partial charge in [-0.25, -0.2) is 0 Å². The first-order valence-corrected chi connectivity index (χ1v) is 7.99. The normalized spacial score (nSPS) is 18.0. The van der Waals surface area contributed by atoms with Crippen LogP contribution in [0.4, 0.5) is 0 Å². The van der Waals surface area contributed by atoms with Crippen LogP contribution in [0.5, 0.6) is 0 Å². The maximum Gasteiger partial charge on any atom is 0.257 e. The molecular formula is C16H21N3O5. The van der Waals surface area contributed by atoms with Gasteiger partial charge in [-0.2, -0.15) is 4.98 Å². The molecule has 130 valence electrons. The zero-order valence-corrected chi connectivity index (χ0v) is 13.6. The summed E-state index contributed by atoms with van der Waals surface area (Å²) in [6.45, 7) is 2.09. The quantitative estimate of drug-likeness (QED) is 0.760. The number of aromatic nitrogens is 2. The summed E-state index contributed by atoms with van der Waals surface area (Å²) in [5, 5.41) is 3.89. The third-order valence-corrected chi connectivity index (χ3v) is 3.91. The molecule has 2 aromatic heterocycles. The lowest BCUT2D eigenvalue weighted by Crippen LogP contribution is -2.43. The molecule has 1 aliphatic heterocycles. The lowest BCUT2D eigenvalue weighted by molar-refractivity contribution is -0.00963. The van der Waals surface area contributed by atoms with Crippen LogP contribution in [0.25, 0.3) is 0 Å². The van der Waals surface area contributed by atoms with Gasteiger partial charge in [0.1, 0.15) is 12.9 Å². The topological polar surface area (TPSA) is 90.8 Å². The number of rotatable bonds is 7. The number of hydrogen-bond acceptors (Lipinski definition) is 7. The number of carbonyl (C=O) groups excluding carboxylic acids is 1. The molecule has 0 aromatic carbocycles. The van der Waals surface area contributed by atoms with Crippen LogP contribution < -0.4 is 0 Å². The Morgan fingerprint density at radius 1 is 1.50 bits per heavy atom. The summed E-state index contributed by atoms with van der Waals surface area (Å²) < 4.78 is 20.9. The van der Waals surface area contributed by atoms with Gasteiger partial charge in [-0.15, -0.1) is 0 Å². The van der Waals surface area contributed by atoms with E-state index in [9.17, 15) is 4.79 Å². The number of likely N-dealkylation sites (tertiary alicyclic amines) is 1. The van der Waals surface area contributed by atoms with E-state index < -0.39 is 0 Å². The summed E-state index contributed by atoms with van der Waals surface area (Å²) in [7, 11) is 1.63. The molecule has 1 atom stereocenters. The molecule has 1 amide bonds. The Labute approximate surface area is 139 Å². The molecule has 3 heterocycles. The number of carbonyl (C=O) groups is 1. The lowest BCUT2D eigenvalue weighted by atomic mass is 10.1. The van der Waals surface area contributed by atoms with Gasteiger partial charge in [-0.3, -0.25) is 4.79 Å². The molecule has 3 rings (SSSR count). The average molecular weight is 335 g/mol. The van der Waals surface area contributed by atoms with E-state index in [0.717, 1.165) is 19.4 Å². The molecule has 1 saturated heterocycles. The molecular weight excluding hydrogens is 314 g/mol. The van der Waals surface area contributed by atoms with Crippen LogP contribution in [0.2, 0.25) is 0 Å². The predicted octanol–water partition coefficient (Wildman–Crippen LogP) is 1.67. The van der Waals surface area contributed by atoms with Crippen LogP contribution in [0, 0.1) is 0 Å². The summed E-state index contributed by atoms with van der Waals surface area (Å²) in [4.78, 5) is 18.4. The Hall–Kier alpha value is -2.19. The van der Waals surface area contributed by atoms with E-state index in [2.05, 4.69) is 10.1 Å². The van der Waals surface area contributed by atoms with Crippen LogP contribution in [-0.2, 0) is 22.5 Å². The van der Waals surface area contributed by atoms with Crippen LogP contribution in [0.3, 0.4) is 0 Å². The van der Waals surface area contributed by atoms with E-state index in [1.807, 2.05) is 0 Å². The summed E-state index contributed by atoms with van der Waals surface area (Å²) in [6, 6.07) is 1.67. The zero-order valence-electron chi connectivity index (χ0n) is 13.6. The minimum atomic E-state index is -0.0319. The molecule has 0 bridgehead atoms. The van der Waals surface area contributed by atoms with Crippen molar-refractivity contribution in [2.45, 2.75) is 32.0 Å². The van der Waals surface area contributed by atoms with E-state index in [4.69, 9.17) is 18.4 Å². The van der Waals surface area contributed by atoms with E-state index in [0.29, 0.717) is 36.9 Å². The lowest BCUT2D eigenvalue weighted by Gasteiger charge is -2.32. The Morgan fingerprint density at radius 3 is 3.21 bits per heavy atom. The second kappa shape index (κ2) is 8.07. The van der Waals surface area contributed by atoms with Gasteiger partial charge < -0.3 is 23.3 Å². The van der Waals surface area contributed by atoms with Gasteiger partial charge in [-0.1, -0.05) is 5.16 Å². The van der Waals surface area contributed by atoms with Crippen molar-refractivity contribution in [1.29, 1.82) is 0 Å². The molecule has 8 heteroatoms. The average Bonchev–Trinajstić information content (AvgIpc) is 3.29. The molecule has 24 heavy (non-hydrogen) atoms. The number of nitrogens with zero attached hydrogens (tertiary/aromatic N) is 3. The first-order chi connectivity index (χ1) is 11.8. The van der Waals surface area contributed by atoms with Crippen molar-refractivity contribution in [3.05, 3.63) is 35.9 Å². The number of amides is 1. The van der Waals surface area contributed by atoms with Crippen molar-refractivity contribution >= 4 is 5.91 Å². The zero-order chi connectivity index (χ0) is 16.8. The fourth-order valence-corrected chi connectivity index (χ4v) is 2.66. The van der Waals surface area contributed by atoms with Gasteiger partial charge in [0.05, 0.1) is 31.0 Å². The number of ether oxygens (including phenoxy) is 2. The fourth-order valence-electron chi connectivity index (χ4n) is 2.66. The van der Waals surface area contributed by atoms with Crippen LogP contribution in [0.1, 0.15) is 34.9 Å². The van der Waals surface area contributed by atoms with Crippen LogP contribution in [-0.4, -0.2) is 53.9 Å². The van der Waals surface area contributed by atoms with Gasteiger partial charge in [-0.05, 0) is 18.9 Å². The highest BCUT2D eigenvalue weighted by atomic mass is 16.5. The van der Waals surface area contributed by atoms with Crippen molar-refractivity contribution in [3.63, 3.8) is 0 Å². The summed E-state index contributed by atoms with van der Waals surface area (Å²) in [6.07, 6.45) is 5.33. The second-order valence-corrected chi connectivity index (χ2v) is 5.69. The second-order valence-electron chi connectivity index (χ2n) is 5.69. The Balaban J connectivity index is 1.48. The molecule has 1 unspecified atom stereocenters. The molecule has 0 N–H and O–H groups in total. The third-order valence-electron chi connectivity index (χ3n) is 3.91. The Kier molecular flexibility index (Phi) is 5.60. The predicted molar refractivity (Wildman–Crippen MR) is 82.3 cm³/mol. The van der Waals surface area contributed by atoms with E-state index in [1.54, 1.807) is 18.1 Å². The Morgan fingerprint density at radius 2 is 2.42 bits per heavy atom. The van der Waals surface area contributed by atoms with Gasteiger partial charge in [0.15, 0.2) is 5.82 Å². The number of piperidine rings is 1. The first-order valence-electron chi connectivity index (χ1n) is 7.99. The molecule has 0 radical (unpaired) electrons. The molecule has 0 aliphatic carbocycles. The van der Waals surface area contributed by atoms with Gasteiger partial charge in [0, 0.05) is 20.2 Å². The maximum absolute atomic E-state index is 12.3. The largest absolute Gasteiger partial charge is 0.472 e. The number of furan rings is 1. The van der Waals surface area contributed by atoms with Crippen LogP contribution in [0.15, 0.2) is 27.5 Å². The van der Waals surface area contributed by atoms with Gasteiger partial charge in [0.2, 0.25) is 5.89 Å². The molecule has 0 saturated carbocycles. The molecule has 1 fully saturated rings. The highest BCUT2D eigenvalue weighted by Gasteiger charge is 2.25. The molecule has 2 aromatic rings. The standard InChI is InChI=1S/C16H21N3O5/c1-21-7-5-15-17-14(18-24-15)11-23-13-3-2-6-19(9-13)16(20)12-4-8-22-10-12/h4,8,10,13H,2-3,5-7,9,11H2,1H3. The SMILES string of the molecule is COCCc1nc(COC2CCCN(C(=O)c3ccoc3)C2)no1. The van der Waals surface area contributed by atoms with Gasteiger partial charge >= 0.3 is 0 Å². The molecule has 0 spiro atoms. The maximum atomic E-state index is 12.3. The van der Waals surface area contributed by atoms with Crippen molar-refractivity contribution < 1.29 is 23.2 Å². The minimum absolute atomic E-state index is 0.0292. The van der Waals surface area contributed by atoms with Crippen molar-refractivity contribution in [1.82, 2.24) is 15.0 Å². The van der Waals surface area contributed by atoms with Crippen LogP contribution >= 0.6 is 0 Å². The highest BCUT2D eigenvalue weighted by Crippen LogP contribution is 2.17. The van der Waals surface area contributed by atoms with Crippen molar-refractivity contribution in [3.8, 4) is 0 Å². The summed E-state index contributed by atoms with van der Waals surface area (Å²) in [5.41, 5.74) is 0.566.